The van der Waals surface area contributed by atoms with Crippen molar-refractivity contribution in [3.63, 3.8) is 0 Å². The van der Waals surface area contributed by atoms with E-state index in [0.29, 0.717) is 19.4 Å². The highest BCUT2D eigenvalue weighted by molar-refractivity contribution is 5.88. The molecule has 23 heavy (non-hydrogen) atoms. The van der Waals surface area contributed by atoms with Crippen molar-refractivity contribution in [2.24, 2.45) is 11.1 Å². The highest BCUT2D eigenvalue weighted by Crippen LogP contribution is 2.27. The number of hydrogen-bond donors (Lipinski definition) is 3. The molecule has 0 fully saturated rings. The van der Waals surface area contributed by atoms with Crippen LogP contribution in [0.25, 0.3) is 0 Å². The zero-order valence-electron chi connectivity index (χ0n) is 14.3. The lowest BCUT2D eigenvalue weighted by molar-refractivity contribution is -0.131. The maximum absolute atomic E-state index is 12.5. The molecular weight excluding hydrogens is 314 g/mol. The van der Waals surface area contributed by atoms with E-state index in [2.05, 4.69) is 10.6 Å². The monoisotopic (exact) mass is 341 g/mol. The fourth-order valence-electron chi connectivity index (χ4n) is 2.47. The van der Waals surface area contributed by atoms with E-state index in [1.54, 1.807) is 0 Å². The van der Waals surface area contributed by atoms with Crippen molar-refractivity contribution in [2.45, 2.75) is 46.6 Å². The lowest BCUT2D eigenvalue weighted by Gasteiger charge is -2.30. The number of halogens is 1. The Labute approximate surface area is 144 Å². The van der Waals surface area contributed by atoms with E-state index in [9.17, 15) is 9.59 Å². The van der Waals surface area contributed by atoms with Crippen molar-refractivity contribution < 1.29 is 9.59 Å². The van der Waals surface area contributed by atoms with E-state index in [-0.39, 0.29) is 30.3 Å². The van der Waals surface area contributed by atoms with E-state index < -0.39 is 5.41 Å². The van der Waals surface area contributed by atoms with Crippen LogP contribution in [0, 0.1) is 5.41 Å². The molecule has 0 bridgehead atoms. The molecule has 1 atom stereocenters. The molecule has 4 N–H and O–H groups in total. The third-order valence-electron chi connectivity index (χ3n) is 4.28. The van der Waals surface area contributed by atoms with Gasteiger partial charge in [-0.15, -0.1) is 12.4 Å². The normalized spacial score (nSPS) is 12.0. The quantitative estimate of drug-likeness (QED) is 0.712. The average molecular weight is 342 g/mol. The first-order chi connectivity index (χ1) is 10.4. The van der Waals surface area contributed by atoms with Crippen LogP contribution >= 0.6 is 12.4 Å². The highest BCUT2D eigenvalue weighted by Gasteiger charge is 2.34. The highest BCUT2D eigenvalue weighted by atomic mass is 35.5. The number of amides is 2. The number of rotatable bonds is 7. The molecule has 0 aliphatic rings. The predicted octanol–water partition coefficient (Wildman–Crippen LogP) is 3.01. The Morgan fingerprint density at radius 3 is 2.35 bits per heavy atom. The third-order valence-corrected chi connectivity index (χ3v) is 4.28. The van der Waals surface area contributed by atoms with Crippen LogP contribution in [0.15, 0.2) is 24.3 Å². The van der Waals surface area contributed by atoms with Gasteiger partial charge in [-0.05, 0) is 37.5 Å². The summed E-state index contributed by atoms with van der Waals surface area (Å²) < 4.78 is 0. The summed E-state index contributed by atoms with van der Waals surface area (Å²) in [6, 6.07) is 7.33. The van der Waals surface area contributed by atoms with E-state index >= 15 is 0 Å². The van der Waals surface area contributed by atoms with Gasteiger partial charge in [0.1, 0.15) is 0 Å². The minimum Gasteiger partial charge on any atom is -0.349 e. The second-order valence-electron chi connectivity index (χ2n) is 5.69. The van der Waals surface area contributed by atoms with Gasteiger partial charge in [0, 0.05) is 19.2 Å². The lowest BCUT2D eigenvalue weighted by Crippen LogP contribution is -2.46. The summed E-state index contributed by atoms with van der Waals surface area (Å²) in [6.45, 7) is 7.70. The van der Waals surface area contributed by atoms with E-state index in [4.69, 9.17) is 5.73 Å². The molecule has 1 aromatic rings. The molecule has 0 heterocycles. The topological polar surface area (TPSA) is 84.2 Å². The first-order valence-corrected chi connectivity index (χ1v) is 7.77. The van der Waals surface area contributed by atoms with E-state index in [1.807, 2.05) is 45.0 Å². The van der Waals surface area contributed by atoms with Crippen LogP contribution in [0.5, 0.6) is 0 Å². The molecule has 1 rings (SSSR count). The fraction of sp³-hybridized carbons (Fsp3) is 0.529. The number of nitrogens with two attached hydrogens (primary N) is 1. The molecule has 6 heteroatoms. The zero-order valence-corrected chi connectivity index (χ0v) is 15.1. The molecule has 0 saturated heterocycles. The summed E-state index contributed by atoms with van der Waals surface area (Å²) in [5, 5.41) is 5.78. The summed E-state index contributed by atoms with van der Waals surface area (Å²) in [5.74, 6) is -0.134. The first-order valence-electron chi connectivity index (χ1n) is 7.77. The molecule has 0 aliphatic heterocycles. The summed E-state index contributed by atoms with van der Waals surface area (Å²) in [6.07, 6.45) is 1.43. The number of nitrogens with one attached hydrogen (secondary N) is 2. The van der Waals surface area contributed by atoms with Crippen molar-refractivity contribution >= 4 is 29.9 Å². The number of carbonyl (C=O) groups excluding carboxylic acids is 2. The summed E-state index contributed by atoms with van der Waals surface area (Å²) >= 11 is 0. The van der Waals surface area contributed by atoms with Gasteiger partial charge in [0.05, 0.1) is 11.5 Å². The molecule has 1 unspecified atom stereocenters. The average Bonchev–Trinajstić information content (AvgIpc) is 2.49. The van der Waals surface area contributed by atoms with Gasteiger partial charge in [-0.3, -0.25) is 9.59 Å². The van der Waals surface area contributed by atoms with E-state index in [1.165, 1.54) is 6.92 Å². The Bertz CT molecular complexity index is 522. The molecule has 5 nitrogen and oxygen atoms in total. The van der Waals surface area contributed by atoms with Gasteiger partial charge < -0.3 is 16.4 Å². The number of anilines is 1. The number of hydrogen-bond acceptors (Lipinski definition) is 3. The van der Waals surface area contributed by atoms with Gasteiger partial charge in [0.15, 0.2) is 0 Å². The maximum atomic E-state index is 12.5. The Hall–Kier alpha value is -1.59. The molecule has 0 spiro atoms. The van der Waals surface area contributed by atoms with Gasteiger partial charge in [0.25, 0.3) is 0 Å². The molecule has 0 aliphatic carbocycles. The van der Waals surface area contributed by atoms with Crippen LogP contribution in [0.2, 0.25) is 0 Å². The standard InChI is InChI=1S/C17H27N3O2.ClH/c1-5-17(6-2,11-18)16(22)19-12(3)14-8-7-9-15(10-14)20-13(4)21;/h7-10,12H,5-6,11,18H2,1-4H3,(H,19,22)(H,20,21);1H. The van der Waals surface area contributed by atoms with Gasteiger partial charge >= 0.3 is 0 Å². The van der Waals surface area contributed by atoms with Crippen molar-refractivity contribution in [3.8, 4) is 0 Å². The third kappa shape index (κ3) is 5.52. The zero-order chi connectivity index (χ0) is 16.8. The van der Waals surface area contributed by atoms with Crippen LogP contribution in [0.3, 0.4) is 0 Å². The second-order valence-corrected chi connectivity index (χ2v) is 5.69. The molecule has 2 amide bonds. The molecule has 0 radical (unpaired) electrons. The minimum absolute atomic E-state index is 0. The largest absolute Gasteiger partial charge is 0.349 e. The Balaban J connectivity index is 0.00000484. The smallest absolute Gasteiger partial charge is 0.227 e. The lowest BCUT2D eigenvalue weighted by atomic mass is 9.81. The SMILES string of the molecule is CCC(CC)(CN)C(=O)NC(C)c1cccc(NC(C)=O)c1.Cl. The summed E-state index contributed by atoms with van der Waals surface area (Å²) in [7, 11) is 0. The molecular formula is C17H28ClN3O2. The van der Waals surface area contributed by atoms with Crippen LogP contribution in [-0.2, 0) is 9.59 Å². The van der Waals surface area contributed by atoms with Crippen LogP contribution in [0.4, 0.5) is 5.69 Å². The van der Waals surface area contributed by atoms with Gasteiger partial charge in [0.2, 0.25) is 11.8 Å². The van der Waals surface area contributed by atoms with Gasteiger partial charge in [-0.25, -0.2) is 0 Å². The van der Waals surface area contributed by atoms with Crippen LogP contribution in [-0.4, -0.2) is 18.4 Å². The predicted molar refractivity (Wildman–Crippen MR) is 96.6 cm³/mol. The van der Waals surface area contributed by atoms with Gasteiger partial charge in [-0.1, -0.05) is 26.0 Å². The van der Waals surface area contributed by atoms with Crippen molar-refractivity contribution in [3.05, 3.63) is 29.8 Å². The first kappa shape index (κ1) is 21.4. The second kappa shape index (κ2) is 9.53. The van der Waals surface area contributed by atoms with Crippen molar-refractivity contribution in [2.75, 3.05) is 11.9 Å². The summed E-state index contributed by atoms with van der Waals surface area (Å²) in [4.78, 5) is 23.7. The molecule has 1 aromatic carbocycles. The Morgan fingerprint density at radius 2 is 1.87 bits per heavy atom. The molecule has 0 saturated carbocycles. The van der Waals surface area contributed by atoms with Crippen molar-refractivity contribution in [1.82, 2.24) is 5.32 Å². The van der Waals surface area contributed by atoms with Crippen LogP contribution in [0.1, 0.15) is 52.1 Å². The Morgan fingerprint density at radius 1 is 1.26 bits per heavy atom. The maximum Gasteiger partial charge on any atom is 0.227 e. The summed E-state index contributed by atoms with van der Waals surface area (Å²) in [5.41, 5.74) is 6.97. The van der Waals surface area contributed by atoms with E-state index in [0.717, 1.165) is 11.3 Å². The minimum atomic E-state index is -0.510. The number of benzene rings is 1. The van der Waals surface area contributed by atoms with Gasteiger partial charge in [-0.2, -0.15) is 0 Å². The Kier molecular flexibility index (Phi) is 8.87. The molecule has 0 aromatic heterocycles. The van der Waals surface area contributed by atoms with Crippen molar-refractivity contribution in [1.29, 1.82) is 0 Å². The fourth-order valence-corrected chi connectivity index (χ4v) is 2.47. The molecule has 130 valence electrons. The van der Waals surface area contributed by atoms with Crippen LogP contribution < -0.4 is 16.4 Å². The number of carbonyl (C=O) groups is 2.